The van der Waals surface area contributed by atoms with Crippen molar-refractivity contribution in [1.29, 1.82) is 0 Å². The Balaban J connectivity index is 1.83. The first-order valence-electron chi connectivity index (χ1n) is 10.2. The van der Waals surface area contributed by atoms with E-state index < -0.39 is 17.7 Å². The molecule has 3 aromatic rings. The van der Waals surface area contributed by atoms with E-state index >= 15 is 0 Å². The molecule has 0 spiro atoms. The highest BCUT2D eigenvalue weighted by Gasteiger charge is 2.31. The van der Waals surface area contributed by atoms with Crippen LogP contribution in [0, 0.1) is 5.41 Å². The number of ketones is 1. The number of fused-ring (bicyclic) bond motifs is 1. The summed E-state index contributed by atoms with van der Waals surface area (Å²) in [6.07, 6.45) is -4.59. The smallest absolute Gasteiger partial charge is 0.487 e. The van der Waals surface area contributed by atoms with Crippen molar-refractivity contribution in [3.8, 4) is 11.5 Å². The fraction of sp³-hybridized carbons (Fsp3) is 0.280. The summed E-state index contributed by atoms with van der Waals surface area (Å²) in [5.74, 6) is -1.22. The van der Waals surface area contributed by atoms with Gasteiger partial charge < -0.3 is 14.6 Å². The van der Waals surface area contributed by atoms with Crippen molar-refractivity contribution in [3.05, 3.63) is 71.8 Å². The lowest BCUT2D eigenvalue weighted by atomic mass is 9.86. The number of rotatable bonds is 9. The van der Waals surface area contributed by atoms with Gasteiger partial charge in [0.2, 0.25) is 0 Å². The number of alkyl halides is 3. The van der Waals surface area contributed by atoms with E-state index in [4.69, 9.17) is 4.74 Å². The second-order valence-electron chi connectivity index (χ2n) is 8.26. The molecule has 0 aliphatic carbocycles. The largest absolute Gasteiger partial charge is 0.573 e. The zero-order chi connectivity index (χ0) is 24.2. The Hall–Kier alpha value is -3.55. The van der Waals surface area contributed by atoms with Gasteiger partial charge in [-0.15, -0.1) is 13.2 Å². The summed E-state index contributed by atoms with van der Waals surface area (Å²) >= 11 is 0. The molecular weight excluding hydrogens is 437 g/mol. The number of Topliss-reactive ketones (excluding diaryl/α,β-unsaturated/α-hetero) is 1. The van der Waals surface area contributed by atoms with Crippen LogP contribution in [0.15, 0.2) is 60.7 Å². The van der Waals surface area contributed by atoms with E-state index in [2.05, 4.69) is 4.74 Å². The predicted molar refractivity (Wildman–Crippen MR) is 116 cm³/mol. The maximum atomic E-state index is 13.0. The molecule has 0 bridgehead atoms. The first kappa shape index (κ1) is 24.1. The molecule has 5 nitrogen and oxygen atoms in total. The molecule has 0 unspecified atom stereocenters. The number of carbonyl (C=O) groups is 2. The Morgan fingerprint density at radius 3 is 2.24 bits per heavy atom. The van der Waals surface area contributed by atoms with Gasteiger partial charge in [-0.3, -0.25) is 9.59 Å². The Morgan fingerprint density at radius 1 is 0.939 bits per heavy atom. The summed E-state index contributed by atoms with van der Waals surface area (Å²) in [6.45, 7) is 3.14. The van der Waals surface area contributed by atoms with Crippen molar-refractivity contribution < 1.29 is 37.3 Å². The number of aliphatic carboxylic acids is 1. The number of benzene rings is 3. The summed E-state index contributed by atoms with van der Waals surface area (Å²) in [5.41, 5.74) is -0.136. The minimum Gasteiger partial charge on any atom is -0.487 e. The van der Waals surface area contributed by atoms with E-state index in [1.807, 2.05) is 18.2 Å². The highest BCUT2D eigenvalue weighted by Crippen LogP contribution is 2.33. The van der Waals surface area contributed by atoms with E-state index in [0.29, 0.717) is 22.3 Å². The van der Waals surface area contributed by atoms with Gasteiger partial charge in [0.05, 0.1) is 11.0 Å². The lowest BCUT2D eigenvalue weighted by molar-refractivity contribution is -0.274. The van der Waals surface area contributed by atoms with E-state index in [1.54, 1.807) is 32.0 Å². The zero-order valence-electron chi connectivity index (χ0n) is 18.1. The molecule has 0 amide bonds. The third-order valence-electron chi connectivity index (χ3n) is 5.28. The number of carboxylic acid groups (broad SMARTS) is 1. The summed E-state index contributed by atoms with van der Waals surface area (Å²) in [7, 11) is 0. The topological polar surface area (TPSA) is 72.8 Å². The fourth-order valence-electron chi connectivity index (χ4n) is 3.23. The van der Waals surface area contributed by atoms with Crippen LogP contribution in [0.2, 0.25) is 0 Å². The number of hydrogen-bond donors (Lipinski definition) is 1. The highest BCUT2D eigenvalue weighted by molar-refractivity contribution is 6.05. The van der Waals surface area contributed by atoms with Gasteiger partial charge in [0, 0.05) is 11.8 Å². The summed E-state index contributed by atoms with van der Waals surface area (Å²) in [4.78, 5) is 24.3. The van der Waals surface area contributed by atoms with Crippen LogP contribution in [-0.2, 0) is 11.4 Å². The van der Waals surface area contributed by atoms with Crippen molar-refractivity contribution in [2.75, 3.05) is 0 Å². The molecule has 0 atom stereocenters. The monoisotopic (exact) mass is 460 g/mol. The molecule has 3 rings (SSSR count). The molecule has 0 aliphatic rings. The van der Waals surface area contributed by atoms with Crippen LogP contribution in [0.1, 0.15) is 42.6 Å². The van der Waals surface area contributed by atoms with Crippen LogP contribution in [0.4, 0.5) is 13.2 Å². The number of carbonyl (C=O) groups excluding carboxylic acids is 1. The van der Waals surface area contributed by atoms with Crippen molar-refractivity contribution in [1.82, 2.24) is 0 Å². The van der Waals surface area contributed by atoms with E-state index in [-0.39, 0.29) is 31.0 Å². The van der Waals surface area contributed by atoms with Gasteiger partial charge in [-0.25, -0.2) is 0 Å². The summed E-state index contributed by atoms with van der Waals surface area (Å²) in [5, 5.41) is 10.9. The molecule has 3 aromatic carbocycles. The molecule has 0 radical (unpaired) electrons. The van der Waals surface area contributed by atoms with Crippen LogP contribution >= 0.6 is 0 Å². The third kappa shape index (κ3) is 6.25. The van der Waals surface area contributed by atoms with Gasteiger partial charge >= 0.3 is 12.3 Å². The molecule has 8 heteroatoms. The van der Waals surface area contributed by atoms with Crippen molar-refractivity contribution in [2.45, 2.75) is 39.7 Å². The Kier molecular flexibility index (Phi) is 6.95. The van der Waals surface area contributed by atoms with Crippen molar-refractivity contribution in [2.24, 2.45) is 5.41 Å². The Labute approximate surface area is 188 Å². The molecule has 0 heterocycles. The van der Waals surface area contributed by atoms with E-state index in [1.165, 1.54) is 24.3 Å². The van der Waals surface area contributed by atoms with Gasteiger partial charge in [0.15, 0.2) is 5.78 Å². The van der Waals surface area contributed by atoms with Gasteiger partial charge in [-0.05, 0) is 49.4 Å². The van der Waals surface area contributed by atoms with Gasteiger partial charge in [-0.1, -0.05) is 42.5 Å². The van der Waals surface area contributed by atoms with Crippen LogP contribution in [0.25, 0.3) is 10.8 Å². The number of carboxylic acids is 1. The molecule has 174 valence electrons. The third-order valence-corrected chi connectivity index (χ3v) is 5.28. The fourth-order valence-corrected chi connectivity index (χ4v) is 3.23. The number of ether oxygens (including phenoxy) is 2. The molecule has 0 aliphatic heterocycles. The lowest BCUT2D eigenvalue weighted by Crippen LogP contribution is -2.24. The van der Waals surface area contributed by atoms with Gasteiger partial charge in [-0.2, -0.15) is 0 Å². The maximum absolute atomic E-state index is 13.0. The molecule has 0 saturated carbocycles. The van der Waals surface area contributed by atoms with E-state index in [9.17, 15) is 27.9 Å². The number of halogens is 3. The average Bonchev–Trinajstić information content (AvgIpc) is 2.75. The normalized spacial score (nSPS) is 11.9. The maximum Gasteiger partial charge on any atom is 0.573 e. The SMILES string of the molecule is CC(C)(CCC(=O)c1ccc2ccccc2c1OCc1ccc(OC(F)(F)F)cc1)C(=O)O. The van der Waals surface area contributed by atoms with Gasteiger partial charge in [0.1, 0.15) is 18.1 Å². The predicted octanol–water partition coefficient (Wildman–Crippen LogP) is 6.39. The second kappa shape index (κ2) is 9.52. The van der Waals surface area contributed by atoms with Crippen molar-refractivity contribution >= 4 is 22.5 Å². The Morgan fingerprint density at radius 2 is 1.61 bits per heavy atom. The molecule has 0 fully saturated rings. The second-order valence-corrected chi connectivity index (χ2v) is 8.26. The number of hydrogen-bond acceptors (Lipinski definition) is 4. The van der Waals surface area contributed by atoms with E-state index in [0.717, 1.165) is 5.39 Å². The minimum absolute atomic E-state index is 0.0151. The minimum atomic E-state index is -4.77. The van der Waals surface area contributed by atoms with Crippen LogP contribution in [-0.4, -0.2) is 23.2 Å². The molecular formula is C25H23F3O5. The average molecular weight is 460 g/mol. The van der Waals surface area contributed by atoms with Crippen LogP contribution in [0.5, 0.6) is 11.5 Å². The molecule has 33 heavy (non-hydrogen) atoms. The molecule has 0 saturated heterocycles. The zero-order valence-corrected chi connectivity index (χ0v) is 18.1. The highest BCUT2D eigenvalue weighted by atomic mass is 19.4. The quantitative estimate of drug-likeness (QED) is 0.375. The van der Waals surface area contributed by atoms with Crippen LogP contribution < -0.4 is 9.47 Å². The molecule has 1 N–H and O–H groups in total. The first-order chi connectivity index (χ1) is 15.5. The standard InChI is InChI=1S/C25H23F3O5/c1-24(2,23(30)31)14-13-21(29)20-12-9-17-5-3-4-6-19(17)22(20)32-15-16-7-10-18(11-8-16)33-25(26,27)28/h3-12H,13-15H2,1-2H3,(H,30,31). The van der Waals surface area contributed by atoms with Crippen LogP contribution in [0.3, 0.4) is 0 Å². The molecule has 0 aromatic heterocycles. The Bertz CT molecular complexity index is 1150. The van der Waals surface area contributed by atoms with Crippen molar-refractivity contribution in [3.63, 3.8) is 0 Å². The lowest BCUT2D eigenvalue weighted by Gasteiger charge is -2.19. The first-order valence-corrected chi connectivity index (χ1v) is 10.2. The summed E-state index contributed by atoms with van der Waals surface area (Å²) < 4.78 is 46.9. The van der Waals surface area contributed by atoms with Gasteiger partial charge in [0.25, 0.3) is 0 Å². The summed E-state index contributed by atoms with van der Waals surface area (Å²) in [6, 6.07) is 16.0.